The molecule has 1 aliphatic rings. The monoisotopic (exact) mass is 414 g/mol. The molecule has 0 saturated carbocycles. The second kappa shape index (κ2) is 10.2. The molecule has 0 unspecified atom stereocenters. The summed E-state index contributed by atoms with van der Waals surface area (Å²) in [5, 5.41) is 19.9. The molecule has 162 valence electrons. The first-order chi connectivity index (χ1) is 14.1. The minimum atomic E-state index is -1.09. The highest BCUT2D eigenvalue weighted by molar-refractivity contribution is 6.22. The van der Waals surface area contributed by atoms with E-state index < -0.39 is 12.0 Å². The second-order valence-electron chi connectivity index (χ2n) is 8.20. The Hall–Kier alpha value is -2.93. The molecule has 0 saturated heterocycles. The van der Waals surface area contributed by atoms with Crippen molar-refractivity contribution in [3.8, 4) is 5.75 Å². The van der Waals surface area contributed by atoms with Gasteiger partial charge in [0.15, 0.2) is 11.8 Å². The van der Waals surface area contributed by atoms with Crippen LogP contribution in [-0.2, 0) is 16.0 Å². The molecule has 1 atom stereocenters. The van der Waals surface area contributed by atoms with Gasteiger partial charge in [0.05, 0.1) is 5.57 Å². The van der Waals surface area contributed by atoms with Gasteiger partial charge in [0.25, 0.3) is 0 Å². The number of hydrogen-bond acceptors (Lipinski definition) is 6. The van der Waals surface area contributed by atoms with Crippen molar-refractivity contribution in [2.75, 3.05) is 13.2 Å². The zero-order chi connectivity index (χ0) is 22.3. The highest BCUT2D eigenvalue weighted by atomic mass is 16.5. The Morgan fingerprint density at radius 1 is 1.27 bits per heavy atom. The van der Waals surface area contributed by atoms with E-state index in [1.54, 1.807) is 37.3 Å². The van der Waals surface area contributed by atoms with Gasteiger partial charge in [-0.1, -0.05) is 38.1 Å². The third-order valence-electron chi connectivity index (χ3n) is 4.85. The zero-order valence-corrected chi connectivity index (χ0v) is 17.7. The molecule has 0 radical (unpaired) electrons. The smallest absolute Gasteiger partial charge is 0.328 e. The van der Waals surface area contributed by atoms with Crippen LogP contribution in [0.2, 0.25) is 0 Å². The molecule has 0 aliphatic heterocycles. The second-order valence-corrected chi connectivity index (χ2v) is 8.20. The summed E-state index contributed by atoms with van der Waals surface area (Å²) in [6, 6.07) is 6.04. The van der Waals surface area contributed by atoms with Crippen molar-refractivity contribution >= 4 is 17.5 Å². The fraction of sp³-hybridized carbons (Fsp3) is 0.435. The van der Waals surface area contributed by atoms with Crippen LogP contribution in [0.3, 0.4) is 0 Å². The van der Waals surface area contributed by atoms with E-state index in [2.05, 4.69) is 4.99 Å². The van der Waals surface area contributed by atoms with E-state index in [-0.39, 0.29) is 34.7 Å². The Balaban J connectivity index is 2.13. The van der Waals surface area contributed by atoms with E-state index >= 15 is 0 Å². The Bertz CT molecular complexity index is 866. The molecule has 1 aromatic carbocycles. The SMILES string of the molecule is CC(=N[C@@H](Cc1ccc(OC/C=C/CN)cc1)C(=O)O)C1=C(O)CC(C)(C)CC1=O. The number of aliphatic hydroxyl groups excluding tert-OH is 1. The standard InChI is InChI=1S/C23H30N2O5/c1-15(21-19(26)13-23(2,3)14-20(21)27)25-18(22(28)29)12-16-6-8-17(9-7-16)30-11-5-4-10-24/h4-9,18,26H,10-14,24H2,1-3H3,(H,28,29)/b5-4+,25-15?/t18-/m0/s1. The van der Waals surface area contributed by atoms with Crippen molar-refractivity contribution in [1.29, 1.82) is 0 Å². The number of benzene rings is 1. The topological polar surface area (TPSA) is 122 Å². The lowest BCUT2D eigenvalue weighted by Gasteiger charge is -2.29. The number of nitrogens with two attached hydrogens (primary N) is 1. The Labute approximate surface area is 177 Å². The van der Waals surface area contributed by atoms with Gasteiger partial charge in [-0.25, -0.2) is 4.79 Å². The first-order valence-electron chi connectivity index (χ1n) is 9.92. The van der Waals surface area contributed by atoms with Crippen molar-refractivity contribution < 1.29 is 24.5 Å². The molecule has 0 bridgehead atoms. The maximum atomic E-state index is 12.5. The average Bonchev–Trinajstić information content (AvgIpc) is 2.64. The van der Waals surface area contributed by atoms with E-state index in [9.17, 15) is 19.8 Å². The third kappa shape index (κ3) is 6.56. The molecule has 0 aromatic heterocycles. The van der Waals surface area contributed by atoms with Gasteiger partial charge in [-0.15, -0.1) is 0 Å². The molecular formula is C23H30N2O5. The van der Waals surface area contributed by atoms with Crippen LogP contribution in [0.4, 0.5) is 0 Å². The van der Waals surface area contributed by atoms with Gasteiger partial charge in [0, 0.05) is 31.5 Å². The molecule has 0 heterocycles. The minimum absolute atomic E-state index is 0.0215. The number of aliphatic carboxylic acids is 1. The maximum absolute atomic E-state index is 12.5. The van der Waals surface area contributed by atoms with Crippen LogP contribution in [0.1, 0.15) is 39.2 Å². The van der Waals surface area contributed by atoms with Crippen molar-refractivity contribution in [2.24, 2.45) is 16.1 Å². The van der Waals surface area contributed by atoms with Crippen molar-refractivity contribution in [3.63, 3.8) is 0 Å². The van der Waals surface area contributed by atoms with E-state index in [4.69, 9.17) is 10.5 Å². The summed E-state index contributed by atoms with van der Waals surface area (Å²) in [5.74, 6) is -0.658. The van der Waals surface area contributed by atoms with E-state index in [1.807, 2.05) is 19.9 Å². The fourth-order valence-electron chi connectivity index (χ4n) is 3.44. The van der Waals surface area contributed by atoms with Gasteiger partial charge in [0.2, 0.25) is 0 Å². The number of allylic oxidation sites excluding steroid dienone is 2. The third-order valence-corrected chi connectivity index (χ3v) is 4.85. The summed E-state index contributed by atoms with van der Waals surface area (Å²) in [6.07, 6.45) is 4.44. The van der Waals surface area contributed by atoms with Gasteiger partial charge in [-0.05, 0) is 30.0 Å². The molecule has 0 amide bonds. The molecule has 0 fully saturated rings. The molecule has 30 heavy (non-hydrogen) atoms. The summed E-state index contributed by atoms with van der Waals surface area (Å²) in [6.45, 7) is 6.25. The highest BCUT2D eigenvalue weighted by Gasteiger charge is 2.34. The summed E-state index contributed by atoms with van der Waals surface area (Å²) in [4.78, 5) is 28.5. The molecule has 1 aromatic rings. The number of ketones is 1. The van der Waals surface area contributed by atoms with Gasteiger partial charge in [-0.2, -0.15) is 0 Å². The minimum Gasteiger partial charge on any atom is -0.511 e. The number of carboxylic acid groups (broad SMARTS) is 1. The number of nitrogens with zero attached hydrogens (tertiary/aromatic N) is 1. The number of carbonyl (C=O) groups is 2. The van der Waals surface area contributed by atoms with Gasteiger partial charge < -0.3 is 20.7 Å². The molecule has 7 nitrogen and oxygen atoms in total. The number of carboxylic acids is 1. The first-order valence-corrected chi connectivity index (χ1v) is 9.92. The summed E-state index contributed by atoms with van der Waals surface area (Å²) in [7, 11) is 0. The van der Waals surface area contributed by atoms with Gasteiger partial charge >= 0.3 is 5.97 Å². The lowest BCUT2D eigenvalue weighted by Crippen LogP contribution is -2.30. The van der Waals surface area contributed by atoms with Crippen molar-refractivity contribution in [1.82, 2.24) is 0 Å². The number of aliphatic imine (C=N–C) groups is 1. The molecule has 4 N–H and O–H groups in total. The van der Waals surface area contributed by atoms with Crippen LogP contribution in [0.15, 0.2) is 52.7 Å². The summed E-state index contributed by atoms with van der Waals surface area (Å²) >= 11 is 0. The number of Topliss-reactive ketones (excluding diaryl/α,β-unsaturated/α-hetero) is 1. The van der Waals surface area contributed by atoms with Crippen molar-refractivity contribution in [2.45, 2.75) is 46.1 Å². The largest absolute Gasteiger partial charge is 0.511 e. The molecule has 2 rings (SSSR count). The number of aliphatic hydroxyl groups is 1. The average molecular weight is 415 g/mol. The number of carbonyl (C=O) groups excluding carboxylic acids is 1. The highest BCUT2D eigenvalue weighted by Crippen LogP contribution is 2.36. The predicted molar refractivity (Wildman–Crippen MR) is 116 cm³/mol. The number of ether oxygens (including phenoxy) is 1. The van der Waals surface area contributed by atoms with E-state index in [0.29, 0.717) is 31.7 Å². The van der Waals surface area contributed by atoms with Gasteiger partial charge in [0.1, 0.15) is 18.1 Å². The zero-order valence-electron chi connectivity index (χ0n) is 17.7. The Morgan fingerprint density at radius 3 is 2.50 bits per heavy atom. The van der Waals surface area contributed by atoms with Crippen LogP contribution in [0.5, 0.6) is 5.75 Å². The predicted octanol–water partition coefficient (Wildman–Crippen LogP) is 3.24. The lowest BCUT2D eigenvalue weighted by atomic mass is 9.75. The van der Waals surface area contributed by atoms with E-state index in [0.717, 1.165) is 5.56 Å². The number of rotatable bonds is 9. The van der Waals surface area contributed by atoms with Gasteiger partial charge in [-0.3, -0.25) is 9.79 Å². The van der Waals surface area contributed by atoms with Crippen LogP contribution in [-0.4, -0.2) is 46.9 Å². The first kappa shape index (κ1) is 23.3. The van der Waals surface area contributed by atoms with Crippen LogP contribution < -0.4 is 10.5 Å². The lowest BCUT2D eigenvalue weighted by molar-refractivity contribution is -0.138. The molecule has 0 spiro atoms. The Kier molecular flexibility index (Phi) is 7.94. The summed E-state index contributed by atoms with van der Waals surface area (Å²) < 4.78 is 5.54. The molecule has 1 aliphatic carbocycles. The van der Waals surface area contributed by atoms with Crippen LogP contribution in [0, 0.1) is 5.41 Å². The molecule has 7 heteroatoms. The summed E-state index contributed by atoms with van der Waals surface area (Å²) in [5.41, 5.74) is 6.23. The van der Waals surface area contributed by atoms with Crippen LogP contribution >= 0.6 is 0 Å². The maximum Gasteiger partial charge on any atom is 0.328 e. The fourth-order valence-corrected chi connectivity index (χ4v) is 3.44. The number of hydrogen-bond donors (Lipinski definition) is 3. The Morgan fingerprint density at radius 2 is 1.93 bits per heavy atom. The quantitative estimate of drug-likeness (QED) is 0.421. The van der Waals surface area contributed by atoms with Crippen molar-refractivity contribution in [3.05, 3.63) is 53.3 Å². The normalized spacial score (nSPS) is 18.0. The van der Waals surface area contributed by atoms with Crippen LogP contribution in [0.25, 0.3) is 0 Å². The van der Waals surface area contributed by atoms with E-state index in [1.165, 1.54) is 0 Å². The molecular weight excluding hydrogens is 384 g/mol.